The van der Waals surface area contributed by atoms with Gasteiger partial charge in [-0.15, -0.1) is 0 Å². The lowest BCUT2D eigenvalue weighted by molar-refractivity contribution is -0.139. The highest BCUT2D eigenvalue weighted by Gasteiger charge is 2.52. The van der Waals surface area contributed by atoms with Gasteiger partial charge in [-0.2, -0.15) is 0 Å². The molecule has 2 atom stereocenters. The van der Waals surface area contributed by atoms with Gasteiger partial charge in [0, 0.05) is 29.3 Å². The van der Waals surface area contributed by atoms with Gasteiger partial charge in [0.15, 0.2) is 5.60 Å². The third-order valence-electron chi connectivity index (χ3n) is 6.46. The van der Waals surface area contributed by atoms with Gasteiger partial charge >= 0.3 is 0 Å². The number of fused-ring (bicyclic) bond motifs is 1. The number of aliphatic hydroxyl groups excluding tert-OH is 1. The van der Waals surface area contributed by atoms with Crippen molar-refractivity contribution in [3.05, 3.63) is 102 Å². The Kier molecular flexibility index (Phi) is 7.52. The third-order valence-corrected chi connectivity index (χ3v) is 6.46. The summed E-state index contributed by atoms with van der Waals surface area (Å²) < 4.78 is 5.12. The van der Waals surface area contributed by atoms with Crippen LogP contribution in [0.15, 0.2) is 84.9 Å². The van der Waals surface area contributed by atoms with Gasteiger partial charge in [-0.25, -0.2) is 0 Å². The fourth-order valence-corrected chi connectivity index (χ4v) is 4.39. The van der Waals surface area contributed by atoms with Gasteiger partial charge in [0.1, 0.15) is 5.75 Å². The number of hydrogen-bond donors (Lipinski definition) is 3. The molecule has 1 aliphatic heterocycles. The van der Waals surface area contributed by atoms with Gasteiger partial charge in [-0.05, 0) is 54.4 Å². The van der Waals surface area contributed by atoms with E-state index in [4.69, 9.17) is 9.84 Å². The van der Waals surface area contributed by atoms with E-state index in [0.717, 1.165) is 5.56 Å². The zero-order valence-corrected chi connectivity index (χ0v) is 20.3. The van der Waals surface area contributed by atoms with Gasteiger partial charge < -0.3 is 25.2 Å². The van der Waals surface area contributed by atoms with Crippen molar-refractivity contribution in [2.45, 2.75) is 25.5 Å². The summed E-state index contributed by atoms with van der Waals surface area (Å²) in [5.41, 5.74) is 1.55. The van der Waals surface area contributed by atoms with E-state index >= 15 is 0 Å². The van der Waals surface area contributed by atoms with Crippen LogP contribution in [0.3, 0.4) is 0 Å². The Morgan fingerprint density at radius 2 is 1.78 bits per heavy atom. The number of aliphatic hydroxyl groups is 2. The average molecular weight is 487 g/mol. The van der Waals surface area contributed by atoms with Gasteiger partial charge in [0.25, 0.3) is 11.8 Å². The van der Waals surface area contributed by atoms with Crippen LogP contribution in [0.1, 0.15) is 34.8 Å². The van der Waals surface area contributed by atoms with E-state index in [2.05, 4.69) is 5.32 Å². The van der Waals surface area contributed by atoms with Crippen molar-refractivity contribution in [2.24, 2.45) is 5.92 Å². The molecule has 1 aliphatic rings. The van der Waals surface area contributed by atoms with Crippen molar-refractivity contribution in [1.29, 1.82) is 0 Å². The lowest BCUT2D eigenvalue weighted by atomic mass is 9.83. The zero-order chi connectivity index (χ0) is 25.7. The topological polar surface area (TPSA) is 99.1 Å². The van der Waals surface area contributed by atoms with E-state index in [1.165, 1.54) is 0 Å². The monoisotopic (exact) mass is 486 g/mol. The number of benzene rings is 3. The molecule has 3 N–H and O–H groups in total. The zero-order valence-electron chi connectivity index (χ0n) is 20.3. The summed E-state index contributed by atoms with van der Waals surface area (Å²) in [5, 5.41) is 23.5. The Labute approximate surface area is 210 Å². The number of carbonyl (C=O) groups is 2. The highest BCUT2D eigenvalue weighted by Crippen LogP contribution is 2.45. The predicted octanol–water partition coefficient (Wildman–Crippen LogP) is 4.26. The van der Waals surface area contributed by atoms with Crippen molar-refractivity contribution >= 4 is 23.2 Å². The third kappa shape index (κ3) is 4.89. The summed E-state index contributed by atoms with van der Waals surface area (Å²) in [6.45, 7) is 2.08. The van der Waals surface area contributed by atoms with E-state index in [1.807, 2.05) is 30.3 Å². The van der Waals surface area contributed by atoms with Crippen LogP contribution in [0, 0.1) is 5.92 Å². The van der Waals surface area contributed by atoms with E-state index < -0.39 is 11.5 Å². The number of nitrogens with one attached hydrogen (secondary N) is 1. The maximum atomic E-state index is 13.5. The highest BCUT2D eigenvalue weighted by molar-refractivity contribution is 6.07. The smallest absolute Gasteiger partial charge is 0.264 e. The Balaban J connectivity index is 1.49. The van der Waals surface area contributed by atoms with Crippen LogP contribution in [-0.2, 0) is 16.9 Å². The van der Waals surface area contributed by atoms with Crippen LogP contribution in [0.5, 0.6) is 5.75 Å². The molecule has 7 nitrogen and oxygen atoms in total. The molecule has 0 bridgehead atoms. The fourth-order valence-electron chi connectivity index (χ4n) is 4.39. The molecule has 4 rings (SSSR count). The van der Waals surface area contributed by atoms with Gasteiger partial charge in [0.05, 0.1) is 19.3 Å². The number of para-hydroxylation sites is 1. The molecule has 0 saturated heterocycles. The summed E-state index contributed by atoms with van der Waals surface area (Å²) in [4.78, 5) is 27.6. The maximum absolute atomic E-state index is 13.5. The molecule has 7 heteroatoms. The molecule has 3 aromatic rings. The molecule has 0 fully saturated rings. The minimum atomic E-state index is -1.69. The van der Waals surface area contributed by atoms with Crippen molar-refractivity contribution in [3.63, 3.8) is 0 Å². The SMILES string of the molecule is COc1ccc(C(=O)Nc2ccc(CN3C(=O)[C@](O)([C@H](C)/C=C/CCO)c4ccccc43)cc2)cc1. The largest absolute Gasteiger partial charge is 0.497 e. The van der Waals surface area contributed by atoms with Gasteiger partial charge in [0.2, 0.25) is 0 Å². The Hall–Kier alpha value is -3.94. The number of nitrogens with zero attached hydrogens (tertiary/aromatic N) is 1. The maximum Gasteiger partial charge on any atom is 0.264 e. The standard InChI is InChI=1S/C29H30N2O5/c1-20(7-5-6-18-32)29(35)25-8-3-4-9-26(25)31(28(29)34)19-21-10-14-23(15-11-21)30-27(33)22-12-16-24(36-2)17-13-22/h3-5,7-17,20,32,35H,6,18-19H2,1-2H3,(H,30,33)/b7-5+/t20-,29+/m1/s1. The molecule has 0 aliphatic carbocycles. The van der Waals surface area contributed by atoms with Crippen LogP contribution in [0.2, 0.25) is 0 Å². The van der Waals surface area contributed by atoms with Crippen LogP contribution in [0.4, 0.5) is 11.4 Å². The minimum absolute atomic E-state index is 0.00878. The molecule has 2 amide bonds. The first kappa shape index (κ1) is 25.2. The highest BCUT2D eigenvalue weighted by atomic mass is 16.5. The Morgan fingerprint density at radius 1 is 1.08 bits per heavy atom. The Morgan fingerprint density at radius 3 is 2.44 bits per heavy atom. The summed E-state index contributed by atoms with van der Waals surface area (Å²) in [7, 11) is 1.57. The molecular weight excluding hydrogens is 456 g/mol. The fraction of sp³-hybridized carbons (Fsp3) is 0.241. The average Bonchev–Trinajstić information content (AvgIpc) is 3.12. The molecule has 0 radical (unpaired) electrons. The Bertz CT molecular complexity index is 1250. The second-order valence-corrected chi connectivity index (χ2v) is 8.78. The number of carbonyl (C=O) groups excluding carboxylic acids is 2. The second-order valence-electron chi connectivity index (χ2n) is 8.78. The van der Waals surface area contributed by atoms with E-state index in [1.54, 1.807) is 73.6 Å². The van der Waals surface area contributed by atoms with Crippen molar-refractivity contribution in [3.8, 4) is 5.75 Å². The first-order valence-corrected chi connectivity index (χ1v) is 11.8. The van der Waals surface area contributed by atoms with Gasteiger partial charge in [-0.1, -0.05) is 49.4 Å². The van der Waals surface area contributed by atoms with Crippen LogP contribution in [-0.4, -0.2) is 35.7 Å². The molecule has 36 heavy (non-hydrogen) atoms. The van der Waals surface area contributed by atoms with Gasteiger partial charge in [-0.3, -0.25) is 9.59 Å². The summed E-state index contributed by atoms with van der Waals surface area (Å²) in [6.07, 6.45) is 4.01. The lowest BCUT2D eigenvalue weighted by Crippen LogP contribution is -2.44. The molecule has 1 heterocycles. The first-order valence-electron chi connectivity index (χ1n) is 11.8. The van der Waals surface area contributed by atoms with Crippen LogP contribution < -0.4 is 15.0 Å². The lowest BCUT2D eigenvalue weighted by Gasteiger charge is -2.27. The van der Waals surface area contributed by atoms with E-state index in [-0.39, 0.29) is 25.0 Å². The normalized spacial score (nSPS) is 17.8. The summed E-state index contributed by atoms with van der Waals surface area (Å²) in [6, 6.07) is 21.4. The van der Waals surface area contributed by atoms with Crippen molar-refractivity contribution < 1.29 is 24.5 Å². The first-order chi connectivity index (χ1) is 17.4. The van der Waals surface area contributed by atoms with Crippen LogP contribution in [0.25, 0.3) is 0 Å². The number of hydrogen-bond acceptors (Lipinski definition) is 5. The second kappa shape index (κ2) is 10.8. The summed E-state index contributed by atoms with van der Waals surface area (Å²) >= 11 is 0. The van der Waals surface area contributed by atoms with E-state index in [0.29, 0.717) is 34.7 Å². The molecule has 3 aromatic carbocycles. The number of methoxy groups -OCH3 is 1. The molecular formula is C29H30N2O5. The molecule has 0 aromatic heterocycles. The predicted molar refractivity (Wildman–Crippen MR) is 139 cm³/mol. The summed E-state index contributed by atoms with van der Waals surface area (Å²) in [5.74, 6) is -0.418. The number of ether oxygens (including phenoxy) is 1. The molecule has 0 unspecified atom stereocenters. The number of rotatable bonds is 9. The quantitative estimate of drug-likeness (QED) is 0.393. The minimum Gasteiger partial charge on any atom is -0.497 e. The molecule has 0 spiro atoms. The van der Waals surface area contributed by atoms with E-state index in [9.17, 15) is 14.7 Å². The van der Waals surface area contributed by atoms with Crippen molar-refractivity contribution in [2.75, 3.05) is 23.9 Å². The van der Waals surface area contributed by atoms with Crippen molar-refractivity contribution in [1.82, 2.24) is 0 Å². The molecule has 186 valence electrons. The molecule has 0 saturated carbocycles. The number of amides is 2. The number of anilines is 2. The van der Waals surface area contributed by atoms with Crippen LogP contribution >= 0.6 is 0 Å².